The van der Waals surface area contributed by atoms with Crippen molar-refractivity contribution in [1.29, 1.82) is 0 Å². The van der Waals surface area contributed by atoms with Crippen molar-refractivity contribution in [2.45, 2.75) is 32.2 Å². The molecule has 4 rings (SSSR count). The molecule has 0 aromatic heterocycles. The van der Waals surface area contributed by atoms with E-state index in [0.717, 1.165) is 31.5 Å². The fraction of sp³-hybridized carbons (Fsp3) is 0.368. The lowest BCUT2D eigenvalue weighted by molar-refractivity contribution is 0.193. The number of phenols is 2. The summed E-state index contributed by atoms with van der Waals surface area (Å²) >= 11 is 0. The highest BCUT2D eigenvalue weighted by Crippen LogP contribution is 2.45. The third-order valence-electron chi connectivity index (χ3n) is 5.26. The number of hydrogen-bond acceptors (Lipinski definition) is 3. The molecule has 2 aromatic rings. The predicted octanol–water partition coefficient (Wildman–Crippen LogP) is 3.16. The molecule has 0 spiro atoms. The van der Waals surface area contributed by atoms with E-state index in [9.17, 15) is 10.2 Å². The Kier molecular flexibility index (Phi) is 3.12. The minimum atomic E-state index is 0.0248. The van der Waals surface area contributed by atoms with Crippen LogP contribution in [-0.2, 0) is 19.3 Å². The lowest BCUT2D eigenvalue weighted by atomic mass is 9.86. The van der Waals surface area contributed by atoms with E-state index < -0.39 is 0 Å². The summed E-state index contributed by atoms with van der Waals surface area (Å²) < 4.78 is 0. The van der Waals surface area contributed by atoms with Crippen LogP contribution in [0.3, 0.4) is 0 Å². The van der Waals surface area contributed by atoms with Gasteiger partial charge in [0.25, 0.3) is 0 Å². The van der Waals surface area contributed by atoms with E-state index in [1.807, 2.05) is 0 Å². The highest BCUT2D eigenvalue weighted by molar-refractivity contribution is 5.58. The van der Waals surface area contributed by atoms with Crippen molar-refractivity contribution >= 4 is 0 Å². The monoisotopic (exact) mass is 295 g/mol. The lowest BCUT2D eigenvalue weighted by Crippen LogP contribution is -2.36. The summed E-state index contributed by atoms with van der Waals surface area (Å²) in [4.78, 5) is 2.49. The van der Waals surface area contributed by atoms with Crippen LogP contribution in [0.15, 0.2) is 30.3 Å². The van der Waals surface area contributed by atoms with E-state index in [4.69, 9.17) is 0 Å². The van der Waals surface area contributed by atoms with Gasteiger partial charge in [-0.05, 0) is 47.7 Å². The number of fused-ring (bicyclic) bond motifs is 1. The van der Waals surface area contributed by atoms with Crippen LogP contribution in [-0.4, -0.2) is 28.2 Å². The van der Waals surface area contributed by atoms with Crippen LogP contribution in [0.5, 0.6) is 11.5 Å². The van der Waals surface area contributed by atoms with Crippen LogP contribution in [0.4, 0.5) is 0 Å². The van der Waals surface area contributed by atoms with Crippen LogP contribution in [0, 0.1) is 0 Å². The van der Waals surface area contributed by atoms with E-state index >= 15 is 0 Å². The van der Waals surface area contributed by atoms with Gasteiger partial charge in [0.2, 0.25) is 0 Å². The summed E-state index contributed by atoms with van der Waals surface area (Å²) in [5.74, 6) is 0.0928. The molecular formula is C19H21NO2. The zero-order valence-corrected chi connectivity index (χ0v) is 12.8. The molecule has 2 aliphatic rings. The van der Waals surface area contributed by atoms with Gasteiger partial charge in [0.15, 0.2) is 11.5 Å². The van der Waals surface area contributed by atoms with Crippen LogP contribution in [0.2, 0.25) is 0 Å². The Labute approximate surface area is 130 Å². The van der Waals surface area contributed by atoms with Crippen molar-refractivity contribution in [2.75, 3.05) is 13.1 Å². The fourth-order valence-corrected chi connectivity index (χ4v) is 4.13. The Bertz CT molecular complexity index is 738. The van der Waals surface area contributed by atoms with Gasteiger partial charge in [-0.2, -0.15) is 0 Å². The first kappa shape index (κ1) is 13.6. The van der Waals surface area contributed by atoms with Gasteiger partial charge in [0, 0.05) is 24.6 Å². The number of likely N-dealkylation sites (N-methyl/N-ethyl adjacent to an activating group) is 1. The molecule has 0 radical (unpaired) electrons. The number of nitrogens with zero attached hydrogens (tertiary/aromatic N) is 1. The standard InChI is InChI=1S/C19H21NO2/c1-2-20-8-7-14-11-17(21)19(22)15-9-12-5-3-4-6-13(12)10-16(20)18(14)15/h3-6,11,16,21-22H,2,7-10H2,1H3. The molecule has 0 amide bonds. The SMILES string of the molecule is CCN1CCc2cc(O)c(O)c3c2C1Cc1ccccc1C3. The largest absolute Gasteiger partial charge is 0.504 e. The Balaban J connectivity index is 1.98. The average Bonchev–Trinajstić information content (AvgIpc) is 2.70. The summed E-state index contributed by atoms with van der Waals surface area (Å²) in [6.07, 6.45) is 2.62. The first-order valence-electron chi connectivity index (χ1n) is 8.06. The van der Waals surface area contributed by atoms with Crippen LogP contribution in [0.1, 0.15) is 40.8 Å². The molecule has 1 atom stereocenters. The number of phenolic OH excluding ortho intramolecular Hbond substituents is 2. The number of benzene rings is 2. The smallest absolute Gasteiger partial charge is 0.161 e. The Hall–Kier alpha value is -2.00. The van der Waals surface area contributed by atoms with Crippen molar-refractivity contribution < 1.29 is 10.2 Å². The Morgan fingerprint density at radius 1 is 1.14 bits per heavy atom. The summed E-state index contributed by atoms with van der Waals surface area (Å²) in [5, 5.41) is 20.5. The average molecular weight is 295 g/mol. The van der Waals surface area contributed by atoms with Gasteiger partial charge < -0.3 is 10.2 Å². The van der Waals surface area contributed by atoms with Crippen LogP contribution >= 0.6 is 0 Å². The second-order valence-electron chi connectivity index (χ2n) is 6.34. The highest BCUT2D eigenvalue weighted by atomic mass is 16.3. The molecule has 114 valence electrons. The molecule has 0 bridgehead atoms. The van der Waals surface area contributed by atoms with E-state index in [2.05, 4.69) is 36.1 Å². The van der Waals surface area contributed by atoms with Gasteiger partial charge >= 0.3 is 0 Å². The molecule has 1 heterocycles. The minimum absolute atomic E-state index is 0.0248. The summed E-state index contributed by atoms with van der Waals surface area (Å²) in [6.45, 7) is 4.22. The molecule has 1 unspecified atom stereocenters. The number of rotatable bonds is 1. The molecule has 2 aromatic carbocycles. The van der Waals surface area contributed by atoms with Gasteiger partial charge in [-0.3, -0.25) is 4.90 Å². The minimum Gasteiger partial charge on any atom is -0.504 e. The molecule has 3 heteroatoms. The van der Waals surface area contributed by atoms with E-state index in [1.54, 1.807) is 6.07 Å². The maximum absolute atomic E-state index is 10.4. The summed E-state index contributed by atoms with van der Waals surface area (Å²) in [7, 11) is 0. The predicted molar refractivity (Wildman–Crippen MR) is 86.4 cm³/mol. The topological polar surface area (TPSA) is 43.7 Å². The van der Waals surface area contributed by atoms with E-state index in [-0.39, 0.29) is 11.5 Å². The maximum Gasteiger partial charge on any atom is 0.161 e. The molecule has 0 saturated carbocycles. The highest BCUT2D eigenvalue weighted by Gasteiger charge is 2.33. The van der Waals surface area contributed by atoms with E-state index in [1.165, 1.54) is 22.3 Å². The Morgan fingerprint density at radius 2 is 1.91 bits per heavy atom. The van der Waals surface area contributed by atoms with Gasteiger partial charge in [0.05, 0.1) is 0 Å². The molecule has 2 N–H and O–H groups in total. The Morgan fingerprint density at radius 3 is 2.68 bits per heavy atom. The third kappa shape index (κ3) is 1.92. The quantitative estimate of drug-likeness (QED) is 0.794. The lowest BCUT2D eigenvalue weighted by Gasteiger charge is -2.37. The van der Waals surface area contributed by atoms with Crippen molar-refractivity contribution in [3.05, 3.63) is 58.1 Å². The summed E-state index contributed by atoms with van der Waals surface area (Å²) in [5.41, 5.74) is 5.99. The molecule has 1 aliphatic carbocycles. The normalized spacial score (nSPS) is 20.1. The van der Waals surface area contributed by atoms with Gasteiger partial charge in [-0.25, -0.2) is 0 Å². The third-order valence-corrected chi connectivity index (χ3v) is 5.26. The van der Waals surface area contributed by atoms with Crippen LogP contribution in [0.25, 0.3) is 0 Å². The first-order valence-corrected chi connectivity index (χ1v) is 8.06. The molecule has 1 aliphatic heterocycles. The van der Waals surface area contributed by atoms with Gasteiger partial charge in [0.1, 0.15) is 0 Å². The second kappa shape index (κ2) is 5.03. The van der Waals surface area contributed by atoms with Crippen molar-refractivity contribution in [3.63, 3.8) is 0 Å². The number of hydrogen-bond donors (Lipinski definition) is 2. The second-order valence-corrected chi connectivity index (χ2v) is 6.34. The molecule has 3 nitrogen and oxygen atoms in total. The maximum atomic E-state index is 10.4. The molecule has 0 saturated heterocycles. The summed E-state index contributed by atoms with van der Waals surface area (Å²) in [6, 6.07) is 10.5. The zero-order valence-electron chi connectivity index (χ0n) is 12.8. The van der Waals surface area contributed by atoms with Crippen molar-refractivity contribution in [2.24, 2.45) is 0 Å². The molecular weight excluding hydrogens is 274 g/mol. The van der Waals surface area contributed by atoms with Gasteiger partial charge in [-0.15, -0.1) is 0 Å². The molecule has 0 fully saturated rings. The number of aromatic hydroxyl groups is 2. The first-order chi connectivity index (χ1) is 10.7. The van der Waals surface area contributed by atoms with Gasteiger partial charge in [-0.1, -0.05) is 31.2 Å². The molecule has 22 heavy (non-hydrogen) atoms. The fourth-order valence-electron chi connectivity index (χ4n) is 4.13. The van der Waals surface area contributed by atoms with Crippen molar-refractivity contribution in [3.8, 4) is 11.5 Å². The van der Waals surface area contributed by atoms with Crippen LogP contribution < -0.4 is 0 Å². The van der Waals surface area contributed by atoms with Crippen molar-refractivity contribution in [1.82, 2.24) is 4.90 Å². The zero-order chi connectivity index (χ0) is 15.3. The van der Waals surface area contributed by atoms with E-state index in [0.29, 0.717) is 12.5 Å².